The van der Waals surface area contributed by atoms with Gasteiger partial charge in [-0.1, -0.05) is 48.9 Å². The van der Waals surface area contributed by atoms with Gasteiger partial charge in [-0.2, -0.15) is 0 Å². The van der Waals surface area contributed by atoms with Crippen molar-refractivity contribution in [2.75, 3.05) is 26.7 Å². The summed E-state index contributed by atoms with van der Waals surface area (Å²) in [6.45, 7) is 4.51. The topological polar surface area (TPSA) is 67.9 Å². The average Bonchev–Trinajstić information content (AvgIpc) is 3.77. The number of fused-ring (bicyclic) bond motifs is 1. The van der Waals surface area contributed by atoms with E-state index in [0.717, 1.165) is 82.5 Å². The summed E-state index contributed by atoms with van der Waals surface area (Å²) in [5.74, 6) is 1.25. The largest absolute Gasteiger partial charge is 0.427 e. The minimum absolute atomic E-state index is 0.104. The molecule has 2 aromatic carbocycles. The first-order chi connectivity index (χ1) is 19.4. The van der Waals surface area contributed by atoms with Crippen LogP contribution in [0.1, 0.15) is 82.3 Å². The van der Waals surface area contributed by atoms with E-state index in [1.807, 2.05) is 31.4 Å². The summed E-state index contributed by atoms with van der Waals surface area (Å²) in [5, 5.41) is 3.40. The van der Waals surface area contributed by atoms with Crippen molar-refractivity contribution in [3.05, 3.63) is 65.7 Å². The fourth-order valence-corrected chi connectivity index (χ4v) is 7.30. The number of carbonyl (C=O) groups is 2. The number of methoxy groups -OCH3 is 1. The fourth-order valence-electron chi connectivity index (χ4n) is 7.30. The Labute approximate surface area is 239 Å². The van der Waals surface area contributed by atoms with E-state index >= 15 is 0 Å². The quantitative estimate of drug-likeness (QED) is 0.206. The van der Waals surface area contributed by atoms with E-state index in [2.05, 4.69) is 40.5 Å². The maximum Gasteiger partial charge on any atom is 0.308 e. The highest BCUT2D eigenvalue weighted by Crippen LogP contribution is 2.54. The van der Waals surface area contributed by atoms with Gasteiger partial charge in [0.05, 0.1) is 5.60 Å². The van der Waals surface area contributed by atoms with Crippen LogP contribution in [0.2, 0.25) is 0 Å². The van der Waals surface area contributed by atoms with E-state index in [4.69, 9.17) is 9.47 Å². The van der Waals surface area contributed by atoms with Crippen LogP contribution in [0, 0.1) is 5.92 Å². The van der Waals surface area contributed by atoms with Crippen LogP contribution in [0.4, 0.5) is 0 Å². The normalized spacial score (nSPS) is 26.6. The van der Waals surface area contributed by atoms with E-state index in [9.17, 15) is 9.59 Å². The number of carbonyl (C=O) groups excluding carboxylic acids is 2. The first-order valence-corrected chi connectivity index (χ1v) is 15.3. The van der Waals surface area contributed by atoms with Gasteiger partial charge in [0, 0.05) is 45.0 Å². The van der Waals surface area contributed by atoms with Crippen molar-refractivity contribution >= 4 is 11.9 Å². The minimum atomic E-state index is -0.340. The number of nitrogens with one attached hydrogen (secondary N) is 1. The summed E-state index contributed by atoms with van der Waals surface area (Å²) in [5.41, 5.74) is 1.92. The second kappa shape index (κ2) is 12.9. The van der Waals surface area contributed by atoms with Crippen LogP contribution < -0.4 is 10.1 Å². The monoisotopic (exact) mass is 546 g/mol. The highest BCUT2D eigenvalue weighted by Gasteiger charge is 2.59. The summed E-state index contributed by atoms with van der Waals surface area (Å²) in [6.07, 6.45) is 11.0. The molecule has 3 aliphatic rings. The molecular formula is C34H46N2O4. The molecule has 2 aliphatic carbocycles. The van der Waals surface area contributed by atoms with E-state index in [1.54, 1.807) is 0 Å². The molecular weight excluding hydrogens is 500 g/mol. The molecule has 5 rings (SSSR count). The maximum absolute atomic E-state index is 13.0. The SMILES string of the molecule is COC12CCC(NC(=O)CCCCCc3ccccc3)CC1(c1cccc(OC(C)=O)c1)CCN(CC1CC1)C2. The number of benzene rings is 2. The second-order valence-electron chi connectivity index (χ2n) is 12.4. The molecule has 1 saturated heterocycles. The van der Waals surface area contributed by atoms with Crippen molar-refractivity contribution in [3.63, 3.8) is 0 Å². The van der Waals surface area contributed by atoms with Crippen molar-refractivity contribution in [1.29, 1.82) is 0 Å². The molecule has 40 heavy (non-hydrogen) atoms. The zero-order valence-corrected chi connectivity index (χ0v) is 24.3. The van der Waals surface area contributed by atoms with Gasteiger partial charge in [-0.25, -0.2) is 0 Å². The predicted molar refractivity (Wildman–Crippen MR) is 157 cm³/mol. The number of hydrogen-bond donors (Lipinski definition) is 1. The van der Waals surface area contributed by atoms with Crippen molar-refractivity contribution in [3.8, 4) is 5.75 Å². The summed E-state index contributed by atoms with van der Waals surface area (Å²) in [6, 6.07) is 18.7. The van der Waals surface area contributed by atoms with E-state index in [0.29, 0.717) is 12.2 Å². The van der Waals surface area contributed by atoms with Crippen LogP contribution in [-0.4, -0.2) is 55.2 Å². The van der Waals surface area contributed by atoms with Crippen molar-refractivity contribution in [2.45, 2.75) is 94.6 Å². The van der Waals surface area contributed by atoms with Gasteiger partial charge >= 0.3 is 5.97 Å². The number of rotatable bonds is 12. The number of amides is 1. The Balaban J connectivity index is 1.26. The molecule has 1 N–H and O–H groups in total. The van der Waals surface area contributed by atoms with E-state index in [1.165, 1.54) is 25.3 Å². The van der Waals surface area contributed by atoms with Gasteiger partial charge < -0.3 is 19.7 Å². The number of likely N-dealkylation sites (tertiary alicyclic amines) is 1. The molecule has 3 atom stereocenters. The lowest BCUT2D eigenvalue weighted by atomic mass is 9.55. The molecule has 3 fully saturated rings. The molecule has 1 heterocycles. The Morgan fingerprint density at radius 1 is 1.00 bits per heavy atom. The maximum atomic E-state index is 13.0. The smallest absolute Gasteiger partial charge is 0.308 e. The lowest BCUT2D eigenvalue weighted by molar-refractivity contribution is -0.151. The van der Waals surface area contributed by atoms with Gasteiger partial charge in [-0.3, -0.25) is 9.59 Å². The van der Waals surface area contributed by atoms with E-state index < -0.39 is 0 Å². The zero-order chi connectivity index (χ0) is 28.0. The lowest BCUT2D eigenvalue weighted by Gasteiger charge is -2.60. The molecule has 1 amide bonds. The highest BCUT2D eigenvalue weighted by atomic mass is 16.5. The molecule has 0 radical (unpaired) electrons. The second-order valence-corrected chi connectivity index (χ2v) is 12.4. The number of ether oxygens (including phenoxy) is 2. The molecule has 0 aromatic heterocycles. The summed E-state index contributed by atoms with van der Waals surface area (Å²) in [4.78, 5) is 27.4. The first kappa shape index (κ1) is 28.8. The third kappa shape index (κ3) is 6.77. The summed E-state index contributed by atoms with van der Waals surface area (Å²) in [7, 11) is 1.86. The predicted octanol–water partition coefficient (Wildman–Crippen LogP) is 5.82. The molecule has 0 bridgehead atoms. The summed E-state index contributed by atoms with van der Waals surface area (Å²) < 4.78 is 12.0. The van der Waals surface area contributed by atoms with Crippen LogP contribution in [0.25, 0.3) is 0 Å². The Hall–Kier alpha value is -2.70. The molecule has 1 aliphatic heterocycles. The molecule has 3 unspecified atom stereocenters. The third-order valence-corrected chi connectivity index (χ3v) is 9.53. The Kier molecular flexibility index (Phi) is 9.27. The van der Waals surface area contributed by atoms with Crippen LogP contribution in [-0.2, 0) is 26.2 Å². The number of nitrogens with zero attached hydrogens (tertiary/aromatic N) is 1. The van der Waals surface area contributed by atoms with Crippen molar-refractivity contribution in [1.82, 2.24) is 10.2 Å². The third-order valence-electron chi connectivity index (χ3n) is 9.53. The molecule has 216 valence electrons. The van der Waals surface area contributed by atoms with Crippen molar-refractivity contribution < 1.29 is 19.1 Å². The first-order valence-electron chi connectivity index (χ1n) is 15.3. The number of unbranched alkanes of at least 4 members (excludes halogenated alkanes) is 2. The van der Waals surface area contributed by atoms with Gasteiger partial charge in [0.2, 0.25) is 5.91 Å². The van der Waals surface area contributed by atoms with Crippen LogP contribution in [0.15, 0.2) is 54.6 Å². The van der Waals surface area contributed by atoms with Crippen LogP contribution in [0.3, 0.4) is 0 Å². The van der Waals surface area contributed by atoms with Gasteiger partial charge in [-0.05, 0) is 93.5 Å². The lowest BCUT2D eigenvalue weighted by Crippen LogP contribution is -2.68. The molecule has 6 nitrogen and oxygen atoms in total. The van der Waals surface area contributed by atoms with Crippen molar-refractivity contribution in [2.24, 2.45) is 5.92 Å². The van der Waals surface area contributed by atoms with Gasteiger partial charge in [0.25, 0.3) is 0 Å². The number of aryl methyl sites for hydroxylation is 1. The van der Waals surface area contributed by atoms with Gasteiger partial charge in [0.1, 0.15) is 5.75 Å². The van der Waals surface area contributed by atoms with Gasteiger partial charge in [-0.15, -0.1) is 0 Å². The van der Waals surface area contributed by atoms with Gasteiger partial charge in [0.15, 0.2) is 0 Å². The highest BCUT2D eigenvalue weighted by molar-refractivity contribution is 5.76. The van der Waals surface area contributed by atoms with Crippen LogP contribution >= 0.6 is 0 Å². The standard InChI is InChI=1S/C34H46N2O4/c1-26(37)40-31-14-9-13-29(22-31)33-20-21-36(24-28-16-17-28)25-34(33,39-2)19-18-30(23-33)35-32(38)15-8-4-7-12-27-10-5-3-6-11-27/h3,5-6,9-11,13-14,22,28,30H,4,7-8,12,15-21,23-25H2,1-2H3,(H,35,38). The minimum Gasteiger partial charge on any atom is -0.427 e. The molecule has 2 aromatic rings. The molecule has 2 saturated carbocycles. The number of esters is 1. The molecule has 0 spiro atoms. The Morgan fingerprint density at radius 2 is 1.82 bits per heavy atom. The molecule has 6 heteroatoms. The number of piperidine rings is 1. The number of hydrogen-bond acceptors (Lipinski definition) is 5. The zero-order valence-electron chi connectivity index (χ0n) is 24.3. The summed E-state index contributed by atoms with van der Waals surface area (Å²) >= 11 is 0. The average molecular weight is 547 g/mol. The Bertz CT molecular complexity index is 1150. The van der Waals surface area contributed by atoms with E-state index in [-0.39, 0.29) is 28.9 Å². The van der Waals surface area contributed by atoms with Crippen LogP contribution in [0.5, 0.6) is 5.75 Å². The fraction of sp³-hybridized carbons (Fsp3) is 0.588. The Morgan fingerprint density at radius 3 is 2.58 bits per heavy atom.